The number of aromatic nitrogens is 2. The van der Waals surface area contributed by atoms with Crippen LogP contribution in [0.2, 0.25) is 5.02 Å². The van der Waals surface area contributed by atoms with Crippen LogP contribution in [0.3, 0.4) is 0 Å². The van der Waals surface area contributed by atoms with E-state index in [-0.39, 0.29) is 11.9 Å². The zero-order valence-electron chi connectivity index (χ0n) is 11.0. The van der Waals surface area contributed by atoms with Crippen LogP contribution in [0.25, 0.3) is 0 Å². The molecule has 19 heavy (non-hydrogen) atoms. The first-order valence-corrected chi connectivity index (χ1v) is 6.66. The smallest absolute Gasteiger partial charge is 0.124 e. The van der Waals surface area contributed by atoms with Crippen molar-refractivity contribution in [2.24, 2.45) is 7.05 Å². The van der Waals surface area contributed by atoms with E-state index >= 15 is 0 Å². The molecule has 1 aromatic heterocycles. The molecule has 0 radical (unpaired) electrons. The predicted molar refractivity (Wildman–Crippen MR) is 74.8 cm³/mol. The molecular formula is C14H17ClFN3. The first-order chi connectivity index (χ1) is 9.11. The fourth-order valence-electron chi connectivity index (χ4n) is 2.02. The monoisotopic (exact) mass is 281 g/mol. The second-order valence-electron chi connectivity index (χ2n) is 4.50. The average Bonchev–Trinajstić information content (AvgIpc) is 2.78. The molecule has 0 saturated heterocycles. The molecule has 102 valence electrons. The molecule has 0 fully saturated rings. The predicted octanol–water partition coefficient (Wildman–Crippen LogP) is 3.30. The molecule has 1 unspecified atom stereocenters. The van der Waals surface area contributed by atoms with E-state index in [0.29, 0.717) is 5.02 Å². The van der Waals surface area contributed by atoms with Crippen LogP contribution in [-0.4, -0.2) is 16.3 Å². The van der Waals surface area contributed by atoms with Gasteiger partial charge in [0.1, 0.15) is 5.82 Å². The Kier molecular flexibility index (Phi) is 4.56. The van der Waals surface area contributed by atoms with Crippen LogP contribution < -0.4 is 5.32 Å². The molecule has 0 saturated carbocycles. The number of halogens is 2. The third-order valence-electron chi connectivity index (χ3n) is 2.93. The third-order valence-corrected chi connectivity index (χ3v) is 3.26. The summed E-state index contributed by atoms with van der Waals surface area (Å²) >= 11 is 6.15. The molecule has 5 heteroatoms. The van der Waals surface area contributed by atoms with Gasteiger partial charge in [-0.05, 0) is 30.7 Å². The van der Waals surface area contributed by atoms with E-state index in [9.17, 15) is 4.39 Å². The van der Waals surface area contributed by atoms with Gasteiger partial charge >= 0.3 is 0 Å². The molecule has 1 N–H and O–H groups in total. The number of hydrogen-bond acceptors (Lipinski definition) is 2. The van der Waals surface area contributed by atoms with Crippen LogP contribution in [0, 0.1) is 5.82 Å². The number of benzene rings is 1. The Labute approximate surface area is 117 Å². The van der Waals surface area contributed by atoms with Crippen LogP contribution in [0.1, 0.15) is 30.5 Å². The molecule has 0 amide bonds. The Morgan fingerprint density at radius 1 is 1.47 bits per heavy atom. The molecule has 0 aliphatic heterocycles. The number of nitrogens with zero attached hydrogens (tertiary/aromatic N) is 2. The van der Waals surface area contributed by atoms with Gasteiger partial charge in [-0.2, -0.15) is 5.10 Å². The highest BCUT2D eigenvalue weighted by atomic mass is 35.5. The molecule has 0 spiro atoms. The first kappa shape index (κ1) is 14.0. The Bertz CT molecular complexity index is 553. The minimum Gasteiger partial charge on any atom is -0.306 e. The van der Waals surface area contributed by atoms with Crippen molar-refractivity contribution >= 4 is 11.6 Å². The molecule has 1 atom stereocenters. The van der Waals surface area contributed by atoms with E-state index in [2.05, 4.69) is 17.3 Å². The van der Waals surface area contributed by atoms with Crippen molar-refractivity contribution in [3.05, 3.63) is 52.6 Å². The SMILES string of the molecule is CCCNC(c1cnn(C)c1)c1ccc(F)cc1Cl. The number of rotatable bonds is 5. The number of nitrogens with one attached hydrogen (secondary N) is 1. The Morgan fingerprint density at radius 2 is 2.26 bits per heavy atom. The number of hydrogen-bond donors (Lipinski definition) is 1. The van der Waals surface area contributed by atoms with Crippen molar-refractivity contribution in [2.75, 3.05) is 6.54 Å². The summed E-state index contributed by atoms with van der Waals surface area (Å²) in [4.78, 5) is 0. The van der Waals surface area contributed by atoms with Crippen molar-refractivity contribution in [3.63, 3.8) is 0 Å². The Morgan fingerprint density at radius 3 is 2.84 bits per heavy atom. The summed E-state index contributed by atoms with van der Waals surface area (Å²) < 4.78 is 14.9. The van der Waals surface area contributed by atoms with E-state index in [1.54, 1.807) is 16.9 Å². The topological polar surface area (TPSA) is 29.9 Å². The van der Waals surface area contributed by atoms with Crippen LogP contribution >= 0.6 is 11.6 Å². The van der Waals surface area contributed by atoms with Gasteiger partial charge in [-0.3, -0.25) is 4.68 Å². The van der Waals surface area contributed by atoms with E-state index in [1.807, 2.05) is 13.2 Å². The second kappa shape index (κ2) is 6.17. The highest BCUT2D eigenvalue weighted by Crippen LogP contribution is 2.28. The molecule has 2 aromatic rings. The van der Waals surface area contributed by atoms with Crippen molar-refractivity contribution in [1.29, 1.82) is 0 Å². The minimum atomic E-state index is -0.325. The molecule has 0 bridgehead atoms. The molecule has 1 aromatic carbocycles. The Balaban J connectivity index is 2.36. The molecule has 3 nitrogen and oxygen atoms in total. The highest BCUT2D eigenvalue weighted by Gasteiger charge is 2.18. The molecular weight excluding hydrogens is 265 g/mol. The van der Waals surface area contributed by atoms with E-state index < -0.39 is 0 Å². The summed E-state index contributed by atoms with van der Waals surface area (Å²) in [7, 11) is 1.87. The van der Waals surface area contributed by atoms with Crippen LogP contribution in [-0.2, 0) is 7.05 Å². The van der Waals surface area contributed by atoms with Gasteiger partial charge in [-0.25, -0.2) is 4.39 Å². The summed E-state index contributed by atoms with van der Waals surface area (Å²) in [5, 5.41) is 8.02. The van der Waals surface area contributed by atoms with Gasteiger partial charge in [0, 0.05) is 23.8 Å². The molecule has 0 aliphatic carbocycles. The zero-order valence-corrected chi connectivity index (χ0v) is 11.8. The quantitative estimate of drug-likeness (QED) is 0.911. The lowest BCUT2D eigenvalue weighted by Crippen LogP contribution is -2.23. The van der Waals surface area contributed by atoms with Crippen molar-refractivity contribution < 1.29 is 4.39 Å². The number of aryl methyl sites for hydroxylation is 1. The molecule has 0 aliphatic rings. The first-order valence-electron chi connectivity index (χ1n) is 6.28. The van der Waals surface area contributed by atoms with Gasteiger partial charge in [-0.15, -0.1) is 0 Å². The normalized spacial score (nSPS) is 12.6. The van der Waals surface area contributed by atoms with Crippen molar-refractivity contribution in [1.82, 2.24) is 15.1 Å². The van der Waals surface area contributed by atoms with E-state index in [0.717, 1.165) is 24.1 Å². The van der Waals surface area contributed by atoms with E-state index in [4.69, 9.17) is 11.6 Å². The molecule has 2 rings (SSSR count). The lowest BCUT2D eigenvalue weighted by molar-refractivity contribution is 0.592. The van der Waals surface area contributed by atoms with Gasteiger partial charge in [-0.1, -0.05) is 24.6 Å². The highest BCUT2D eigenvalue weighted by molar-refractivity contribution is 6.31. The van der Waals surface area contributed by atoms with Crippen LogP contribution in [0.4, 0.5) is 4.39 Å². The minimum absolute atomic E-state index is 0.0678. The van der Waals surface area contributed by atoms with Gasteiger partial charge in [0.25, 0.3) is 0 Å². The van der Waals surface area contributed by atoms with E-state index in [1.165, 1.54) is 12.1 Å². The zero-order chi connectivity index (χ0) is 13.8. The van der Waals surface area contributed by atoms with Gasteiger partial charge in [0.2, 0.25) is 0 Å². The standard InChI is InChI=1S/C14H17ClFN3/c1-3-6-17-14(10-8-18-19(2)9-10)12-5-4-11(16)7-13(12)15/h4-5,7-9,14,17H,3,6H2,1-2H3. The van der Waals surface area contributed by atoms with Crippen molar-refractivity contribution in [3.8, 4) is 0 Å². The summed E-state index contributed by atoms with van der Waals surface area (Å²) in [6.45, 7) is 2.95. The third kappa shape index (κ3) is 3.33. The average molecular weight is 282 g/mol. The second-order valence-corrected chi connectivity index (χ2v) is 4.91. The fraction of sp³-hybridized carbons (Fsp3) is 0.357. The van der Waals surface area contributed by atoms with Gasteiger partial charge < -0.3 is 5.32 Å². The van der Waals surface area contributed by atoms with Crippen LogP contribution in [0.5, 0.6) is 0 Å². The molecule has 1 heterocycles. The maximum Gasteiger partial charge on any atom is 0.124 e. The summed E-state index contributed by atoms with van der Waals surface area (Å²) in [5.74, 6) is -0.325. The maximum atomic E-state index is 13.1. The summed E-state index contributed by atoms with van der Waals surface area (Å²) in [6, 6.07) is 4.42. The van der Waals surface area contributed by atoms with Crippen molar-refractivity contribution in [2.45, 2.75) is 19.4 Å². The fourth-order valence-corrected chi connectivity index (χ4v) is 2.30. The lowest BCUT2D eigenvalue weighted by atomic mass is 10.0. The van der Waals surface area contributed by atoms with Gasteiger partial charge in [0.05, 0.1) is 12.2 Å². The maximum absolute atomic E-state index is 13.1. The largest absolute Gasteiger partial charge is 0.306 e. The van der Waals surface area contributed by atoms with Crippen LogP contribution in [0.15, 0.2) is 30.6 Å². The Hall–Kier alpha value is -1.39. The summed E-state index contributed by atoms with van der Waals surface area (Å²) in [5.41, 5.74) is 1.88. The summed E-state index contributed by atoms with van der Waals surface area (Å²) in [6.07, 6.45) is 4.75. The van der Waals surface area contributed by atoms with Gasteiger partial charge in [0.15, 0.2) is 0 Å². The lowest BCUT2D eigenvalue weighted by Gasteiger charge is -2.19.